The third-order valence-electron chi connectivity index (χ3n) is 4.56. The van der Waals surface area contributed by atoms with Gasteiger partial charge in [0.05, 0.1) is 18.8 Å². The van der Waals surface area contributed by atoms with Crippen molar-refractivity contribution in [3.63, 3.8) is 0 Å². The third-order valence-corrected chi connectivity index (χ3v) is 5.78. The maximum atomic E-state index is 13.5. The third kappa shape index (κ3) is 3.05. The van der Waals surface area contributed by atoms with E-state index >= 15 is 0 Å². The van der Waals surface area contributed by atoms with Gasteiger partial charge < -0.3 is 14.6 Å². The lowest BCUT2D eigenvalue weighted by molar-refractivity contribution is -0.102. The maximum Gasteiger partial charge on any atom is 0.165 e. The summed E-state index contributed by atoms with van der Waals surface area (Å²) in [5.41, 5.74) is 0.666. The molecule has 1 aromatic rings. The van der Waals surface area contributed by atoms with Crippen LogP contribution in [0.5, 0.6) is 5.75 Å². The Hall–Kier alpha value is -0.780. The topological polar surface area (TPSA) is 38.7 Å². The van der Waals surface area contributed by atoms with Crippen LogP contribution in [-0.2, 0) is 4.74 Å². The van der Waals surface area contributed by atoms with E-state index in [-0.39, 0.29) is 17.3 Å². The van der Waals surface area contributed by atoms with Crippen molar-refractivity contribution < 1.29 is 19.0 Å². The highest BCUT2D eigenvalue weighted by Gasteiger charge is 2.42. The summed E-state index contributed by atoms with van der Waals surface area (Å²) < 4.78 is 24.5. The normalized spacial score (nSPS) is 30.5. The Kier molecular flexibility index (Phi) is 4.43. The van der Waals surface area contributed by atoms with Crippen molar-refractivity contribution in [2.45, 2.75) is 31.0 Å². The molecule has 3 rings (SSSR count). The Morgan fingerprint density at radius 3 is 3.10 bits per heavy atom. The maximum absolute atomic E-state index is 13.5. The van der Waals surface area contributed by atoms with Gasteiger partial charge in [-0.25, -0.2) is 4.39 Å². The van der Waals surface area contributed by atoms with Crippen molar-refractivity contribution >= 4 is 11.8 Å². The largest absolute Gasteiger partial charge is 0.494 e. The molecule has 1 aromatic carbocycles. The number of aliphatic hydroxyl groups is 1. The Bertz CT molecular complexity index is 502. The van der Waals surface area contributed by atoms with Gasteiger partial charge in [-0.1, -0.05) is 6.07 Å². The fourth-order valence-electron chi connectivity index (χ4n) is 3.33. The number of hydrogen-bond donors (Lipinski definition) is 1. The van der Waals surface area contributed by atoms with Gasteiger partial charge in [0, 0.05) is 12.4 Å². The molecule has 116 valence electrons. The standard InChI is InChI=1S/C16H21FO3S/c1-19-14-8-11(2-3-13(14)17)15(18)12-4-6-20-16(9-12)5-7-21-10-16/h2-3,8,12,15,18H,4-7,9-10H2,1H3. The lowest BCUT2D eigenvalue weighted by Gasteiger charge is -2.39. The predicted octanol–water partition coefficient (Wildman–Crippen LogP) is 3.17. The second-order valence-corrected chi connectivity index (χ2v) is 7.03. The minimum atomic E-state index is -0.592. The van der Waals surface area contributed by atoms with Gasteiger partial charge in [-0.15, -0.1) is 0 Å². The molecule has 2 aliphatic rings. The molecular formula is C16H21FO3S. The zero-order valence-corrected chi connectivity index (χ0v) is 13.0. The smallest absolute Gasteiger partial charge is 0.165 e. The summed E-state index contributed by atoms with van der Waals surface area (Å²) in [7, 11) is 1.44. The molecule has 5 heteroatoms. The van der Waals surface area contributed by atoms with Crippen LogP contribution < -0.4 is 4.74 Å². The first-order chi connectivity index (χ1) is 10.1. The molecular weight excluding hydrogens is 291 g/mol. The van der Waals surface area contributed by atoms with Crippen molar-refractivity contribution in [2.24, 2.45) is 5.92 Å². The first kappa shape index (κ1) is 15.1. The summed E-state index contributed by atoms with van der Waals surface area (Å²) in [6, 6.07) is 4.61. The summed E-state index contributed by atoms with van der Waals surface area (Å²) in [4.78, 5) is 0. The SMILES string of the molecule is COc1cc(C(O)C2CCOC3(CCSC3)C2)ccc1F. The van der Waals surface area contributed by atoms with E-state index < -0.39 is 11.9 Å². The Labute approximate surface area is 128 Å². The molecule has 2 heterocycles. The number of halogens is 1. The summed E-state index contributed by atoms with van der Waals surface area (Å²) in [5.74, 6) is 2.09. The van der Waals surface area contributed by atoms with E-state index in [4.69, 9.17) is 9.47 Å². The van der Waals surface area contributed by atoms with E-state index in [2.05, 4.69) is 0 Å². The molecule has 0 radical (unpaired) electrons. The summed E-state index contributed by atoms with van der Waals surface area (Å²) in [5, 5.41) is 10.7. The Balaban J connectivity index is 1.76. The zero-order valence-electron chi connectivity index (χ0n) is 12.2. The molecule has 2 fully saturated rings. The number of thioether (sulfide) groups is 1. The first-order valence-corrected chi connectivity index (χ1v) is 8.52. The number of rotatable bonds is 3. The summed E-state index contributed by atoms with van der Waals surface area (Å²) in [6.07, 6.45) is 2.19. The quantitative estimate of drug-likeness (QED) is 0.930. The van der Waals surface area contributed by atoms with Gasteiger partial charge in [0.15, 0.2) is 11.6 Å². The monoisotopic (exact) mass is 312 g/mol. The lowest BCUT2D eigenvalue weighted by Crippen LogP contribution is -2.41. The summed E-state index contributed by atoms with van der Waals surface area (Å²) >= 11 is 1.92. The first-order valence-electron chi connectivity index (χ1n) is 7.37. The average Bonchev–Trinajstić information content (AvgIpc) is 2.95. The van der Waals surface area contributed by atoms with Crippen molar-refractivity contribution in [3.05, 3.63) is 29.6 Å². The van der Waals surface area contributed by atoms with Gasteiger partial charge in [0.25, 0.3) is 0 Å². The molecule has 3 atom stereocenters. The van der Waals surface area contributed by atoms with Crippen LogP contribution in [0.4, 0.5) is 4.39 Å². The molecule has 21 heavy (non-hydrogen) atoms. The molecule has 0 aromatic heterocycles. The molecule has 0 bridgehead atoms. The van der Waals surface area contributed by atoms with Crippen molar-refractivity contribution in [1.29, 1.82) is 0 Å². The number of hydrogen-bond acceptors (Lipinski definition) is 4. The number of benzene rings is 1. The van der Waals surface area contributed by atoms with Gasteiger partial charge in [-0.05, 0) is 48.6 Å². The van der Waals surface area contributed by atoms with Crippen LogP contribution in [-0.4, -0.2) is 35.9 Å². The van der Waals surface area contributed by atoms with Gasteiger partial charge in [-0.2, -0.15) is 11.8 Å². The number of methoxy groups -OCH3 is 1. The van der Waals surface area contributed by atoms with Gasteiger partial charge in [-0.3, -0.25) is 0 Å². The van der Waals surface area contributed by atoms with E-state index in [1.165, 1.54) is 13.2 Å². The highest BCUT2D eigenvalue weighted by Crippen LogP contribution is 2.44. The molecule has 3 nitrogen and oxygen atoms in total. The van der Waals surface area contributed by atoms with E-state index in [0.29, 0.717) is 6.61 Å². The van der Waals surface area contributed by atoms with Crippen molar-refractivity contribution in [1.82, 2.24) is 0 Å². The van der Waals surface area contributed by atoms with Gasteiger partial charge in [0.2, 0.25) is 0 Å². The van der Waals surface area contributed by atoms with Gasteiger partial charge >= 0.3 is 0 Å². The Morgan fingerprint density at radius 1 is 1.52 bits per heavy atom. The molecule has 1 spiro atoms. The second-order valence-electron chi connectivity index (χ2n) is 5.93. The van der Waals surface area contributed by atoms with Crippen LogP contribution in [0.15, 0.2) is 18.2 Å². The minimum Gasteiger partial charge on any atom is -0.494 e. The van der Waals surface area contributed by atoms with Crippen LogP contribution >= 0.6 is 11.8 Å². The van der Waals surface area contributed by atoms with Crippen LogP contribution in [0, 0.1) is 11.7 Å². The van der Waals surface area contributed by atoms with Crippen molar-refractivity contribution in [2.75, 3.05) is 25.2 Å². The van der Waals surface area contributed by atoms with Crippen LogP contribution in [0.3, 0.4) is 0 Å². The average molecular weight is 312 g/mol. The molecule has 2 saturated heterocycles. The molecule has 1 N–H and O–H groups in total. The second kappa shape index (κ2) is 6.15. The highest BCUT2D eigenvalue weighted by atomic mass is 32.2. The van der Waals surface area contributed by atoms with E-state index in [1.807, 2.05) is 11.8 Å². The molecule has 0 saturated carbocycles. The number of ether oxygens (including phenoxy) is 2. The fraction of sp³-hybridized carbons (Fsp3) is 0.625. The molecule has 2 aliphatic heterocycles. The van der Waals surface area contributed by atoms with E-state index in [1.54, 1.807) is 12.1 Å². The molecule has 0 amide bonds. The zero-order chi connectivity index (χ0) is 14.9. The Morgan fingerprint density at radius 2 is 2.38 bits per heavy atom. The van der Waals surface area contributed by atoms with E-state index in [0.717, 1.165) is 36.3 Å². The van der Waals surface area contributed by atoms with Crippen LogP contribution in [0.2, 0.25) is 0 Å². The highest BCUT2D eigenvalue weighted by molar-refractivity contribution is 7.99. The number of aliphatic hydroxyl groups excluding tert-OH is 1. The molecule has 0 aliphatic carbocycles. The molecule has 3 unspecified atom stereocenters. The lowest BCUT2D eigenvalue weighted by atomic mass is 9.80. The minimum absolute atomic E-state index is 0.0569. The van der Waals surface area contributed by atoms with Crippen molar-refractivity contribution in [3.8, 4) is 5.75 Å². The van der Waals surface area contributed by atoms with E-state index in [9.17, 15) is 9.50 Å². The predicted molar refractivity (Wildman–Crippen MR) is 81.3 cm³/mol. The van der Waals surface area contributed by atoms with Crippen LogP contribution in [0.25, 0.3) is 0 Å². The fourth-order valence-corrected chi connectivity index (χ4v) is 4.71. The van der Waals surface area contributed by atoms with Gasteiger partial charge in [0.1, 0.15) is 0 Å². The van der Waals surface area contributed by atoms with Crippen LogP contribution in [0.1, 0.15) is 30.9 Å². The summed E-state index contributed by atoms with van der Waals surface area (Å²) in [6.45, 7) is 0.695.